The highest BCUT2D eigenvalue weighted by Crippen LogP contribution is 2.37. The molecule has 1 heteroatoms. The average Bonchev–Trinajstić information content (AvgIpc) is 2.03. The van der Waals surface area contributed by atoms with E-state index in [1.807, 2.05) is 0 Å². The first-order valence-corrected chi connectivity index (χ1v) is 4.60. The van der Waals surface area contributed by atoms with Crippen LogP contribution >= 0.6 is 0 Å². The molecular formula is C11H17N. The molecule has 0 spiro atoms. The maximum atomic E-state index is 6.88. The minimum Gasteiger partial charge on any atom is -0.243 e. The van der Waals surface area contributed by atoms with Gasteiger partial charge in [0.05, 0.1) is 6.57 Å². The van der Waals surface area contributed by atoms with Gasteiger partial charge in [-0.25, -0.2) is 4.85 Å². The number of hydrogen-bond donors (Lipinski definition) is 0. The zero-order valence-corrected chi connectivity index (χ0v) is 8.22. The van der Waals surface area contributed by atoms with Crippen molar-refractivity contribution in [3.05, 3.63) is 23.2 Å². The van der Waals surface area contributed by atoms with Crippen LogP contribution in [0.25, 0.3) is 4.85 Å². The molecule has 0 saturated carbocycles. The fourth-order valence-electron chi connectivity index (χ4n) is 1.71. The fraction of sp³-hybridized carbons (Fsp3) is 0.727. The quantitative estimate of drug-likeness (QED) is 0.480. The number of nitrogens with zero attached hydrogens (tertiary/aromatic N) is 1. The third-order valence-corrected chi connectivity index (χ3v) is 2.76. The topological polar surface area (TPSA) is 4.36 Å². The van der Waals surface area contributed by atoms with Gasteiger partial charge in [0, 0.05) is 0 Å². The van der Waals surface area contributed by atoms with Crippen LogP contribution in [0.4, 0.5) is 0 Å². The molecule has 0 heterocycles. The first-order chi connectivity index (χ1) is 5.54. The van der Waals surface area contributed by atoms with Crippen LogP contribution in [0, 0.1) is 17.9 Å². The van der Waals surface area contributed by atoms with Crippen LogP contribution < -0.4 is 0 Å². The van der Waals surface area contributed by atoms with E-state index in [0.717, 1.165) is 24.5 Å². The molecule has 0 aromatic carbocycles. The molecule has 0 N–H and O–H groups in total. The van der Waals surface area contributed by atoms with E-state index in [1.165, 1.54) is 6.42 Å². The van der Waals surface area contributed by atoms with Crippen molar-refractivity contribution in [1.29, 1.82) is 0 Å². The molecule has 0 aromatic rings. The van der Waals surface area contributed by atoms with Crippen molar-refractivity contribution in [2.75, 3.05) is 0 Å². The summed E-state index contributed by atoms with van der Waals surface area (Å²) >= 11 is 0. The van der Waals surface area contributed by atoms with Crippen molar-refractivity contribution >= 4 is 0 Å². The third kappa shape index (κ3) is 2.11. The van der Waals surface area contributed by atoms with E-state index in [0.29, 0.717) is 5.41 Å². The van der Waals surface area contributed by atoms with Crippen LogP contribution in [0.3, 0.4) is 0 Å². The fourth-order valence-corrected chi connectivity index (χ4v) is 1.71. The Hall–Kier alpha value is -0.770. The van der Waals surface area contributed by atoms with Gasteiger partial charge in [-0.15, -0.1) is 0 Å². The predicted molar refractivity (Wildman–Crippen MR) is 51.5 cm³/mol. The Morgan fingerprint density at radius 3 is 2.50 bits per heavy atom. The Bertz CT molecular complexity index is 224. The zero-order chi connectivity index (χ0) is 9.19. The Morgan fingerprint density at radius 2 is 2.17 bits per heavy atom. The van der Waals surface area contributed by atoms with Gasteiger partial charge in [0.1, 0.15) is 0 Å². The summed E-state index contributed by atoms with van der Waals surface area (Å²) in [5.74, 6) is 0.767. The Labute approximate surface area is 75.3 Å². The molecule has 0 fully saturated rings. The zero-order valence-electron chi connectivity index (χ0n) is 8.22. The summed E-state index contributed by atoms with van der Waals surface area (Å²) in [6, 6.07) is 0. The van der Waals surface area contributed by atoms with Crippen LogP contribution in [0.1, 0.15) is 40.0 Å². The average molecular weight is 163 g/mol. The van der Waals surface area contributed by atoms with Gasteiger partial charge in [0.15, 0.2) is 5.70 Å². The third-order valence-electron chi connectivity index (χ3n) is 2.76. The molecular weight excluding hydrogens is 146 g/mol. The van der Waals surface area contributed by atoms with Crippen LogP contribution in [0.15, 0.2) is 11.8 Å². The minimum absolute atomic E-state index is 0.407. The van der Waals surface area contributed by atoms with Crippen molar-refractivity contribution in [2.24, 2.45) is 11.3 Å². The summed E-state index contributed by atoms with van der Waals surface area (Å²) in [5, 5.41) is 0. The van der Waals surface area contributed by atoms with E-state index >= 15 is 0 Å². The molecule has 12 heavy (non-hydrogen) atoms. The lowest BCUT2D eigenvalue weighted by Gasteiger charge is -2.32. The van der Waals surface area contributed by atoms with E-state index in [-0.39, 0.29) is 0 Å². The number of allylic oxidation sites excluding steroid dienone is 2. The van der Waals surface area contributed by atoms with Crippen molar-refractivity contribution < 1.29 is 0 Å². The number of rotatable bonds is 0. The Morgan fingerprint density at radius 1 is 1.50 bits per heavy atom. The van der Waals surface area contributed by atoms with Crippen molar-refractivity contribution in [3.63, 3.8) is 0 Å². The predicted octanol–water partition coefficient (Wildman–Crippen LogP) is 3.64. The van der Waals surface area contributed by atoms with E-state index in [4.69, 9.17) is 6.57 Å². The molecule has 0 saturated heterocycles. The van der Waals surface area contributed by atoms with Gasteiger partial charge in [-0.3, -0.25) is 0 Å². The molecule has 1 nitrogen and oxygen atoms in total. The van der Waals surface area contributed by atoms with Gasteiger partial charge < -0.3 is 0 Å². The molecule has 1 unspecified atom stereocenters. The summed E-state index contributed by atoms with van der Waals surface area (Å²) < 4.78 is 0. The van der Waals surface area contributed by atoms with Crippen LogP contribution in [0.5, 0.6) is 0 Å². The lowest BCUT2D eigenvalue weighted by atomic mass is 9.74. The molecule has 0 aromatic heterocycles. The highest BCUT2D eigenvalue weighted by atomic mass is 14.7. The minimum atomic E-state index is 0.407. The molecule has 1 aliphatic rings. The molecule has 0 bridgehead atoms. The molecule has 1 atom stereocenters. The monoisotopic (exact) mass is 163 g/mol. The smallest absolute Gasteiger partial charge is 0.161 e. The summed E-state index contributed by atoms with van der Waals surface area (Å²) in [6.45, 7) is 13.7. The SMILES string of the molecule is [C-]#[N+]C1=CCC(C(C)(C)C)CC1. The van der Waals surface area contributed by atoms with Crippen molar-refractivity contribution in [1.82, 2.24) is 0 Å². The van der Waals surface area contributed by atoms with E-state index < -0.39 is 0 Å². The van der Waals surface area contributed by atoms with Crippen molar-refractivity contribution in [3.8, 4) is 0 Å². The maximum Gasteiger partial charge on any atom is 0.161 e. The summed E-state index contributed by atoms with van der Waals surface area (Å²) in [6.07, 6.45) is 5.40. The van der Waals surface area contributed by atoms with Gasteiger partial charge in [-0.2, -0.15) is 0 Å². The summed E-state index contributed by atoms with van der Waals surface area (Å²) in [5.41, 5.74) is 1.37. The van der Waals surface area contributed by atoms with Gasteiger partial charge in [-0.05, 0) is 24.2 Å². The second-order valence-electron chi connectivity index (χ2n) is 4.64. The van der Waals surface area contributed by atoms with E-state index in [9.17, 15) is 0 Å². The van der Waals surface area contributed by atoms with Gasteiger partial charge in [-0.1, -0.05) is 33.3 Å². The number of hydrogen-bond acceptors (Lipinski definition) is 0. The molecule has 1 aliphatic carbocycles. The second-order valence-corrected chi connectivity index (χ2v) is 4.64. The highest BCUT2D eigenvalue weighted by Gasteiger charge is 2.25. The Kier molecular flexibility index (Phi) is 2.57. The van der Waals surface area contributed by atoms with Crippen LogP contribution in [-0.4, -0.2) is 0 Å². The van der Waals surface area contributed by atoms with Gasteiger partial charge >= 0.3 is 0 Å². The van der Waals surface area contributed by atoms with E-state index in [2.05, 4.69) is 31.7 Å². The van der Waals surface area contributed by atoms with Gasteiger partial charge in [0.25, 0.3) is 0 Å². The summed E-state index contributed by atoms with van der Waals surface area (Å²) in [4.78, 5) is 3.48. The molecule has 0 radical (unpaired) electrons. The maximum absolute atomic E-state index is 6.88. The lowest BCUT2D eigenvalue weighted by molar-refractivity contribution is 0.221. The highest BCUT2D eigenvalue weighted by molar-refractivity contribution is 5.13. The van der Waals surface area contributed by atoms with Crippen LogP contribution in [-0.2, 0) is 0 Å². The molecule has 0 aliphatic heterocycles. The second kappa shape index (κ2) is 3.31. The largest absolute Gasteiger partial charge is 0.243 e. The lowest BCUT2D eigenvalue weighted by Crippen LogP contribution is -2.21. The first-order valence-electron chi connectivity index (χ1n) is 4.60. The summed E-state index contributed by atoms with van der Waals surface area (Å²) in [7, 11) is 0. The molecule has 1 rings (SSSR count). The van der Waals surface area contributed by atoms with Gasteiger partial charge in [0.2, 0.25) is 0 Å². The normalized spacial score (nSPS) is 24.5. The van der Waals surface area contributed by atoms with E-state index in [1.54, 1.807) is 0 Å². The molecule has 66 valence electrons. The molecule has 0 amide bonds. The standard InChI is InChI=1S/C11H17N/c1-11(2,3)9-5-7-10(12-4)8-6-9/h7,9H,5-6,8H2,1-3H3. The first kappa shape index (κ1) is 9.32. The Balaban J connectivity index is 2.59. The van der Waals surface area contributed by atoms with Crippen molar-refractivity contribution in [2.45, 2.75) is 40.0 Å². The van der Waals surface area contributed by atoms with Crippen LogP contribution in [0.2, 0.25) is 0 Å².